The van der Waals surface area contributed by atoms with Gasteiger partial charge in [-0.05, 0) is 12.1 Å². The number of hydrogen-bond donors (Lipinski definition) is 1. The predicted octanol–water partition coefficient (Wildman–Crippen LogP) is -0.733. The number of nitrogens with one attached hydrogen (secondary N) is 1. The highest BCUT2D eigenvalue weighted by atomic mass is 32.2. The standard InChI is InChI=1S/C18H21N3O8S/c1-20-12(8-16(22)21(2)18(20)24)11-29-17(23)10-19-30(25,26)13-4-5-14-15(9-13)28-7-3-6-27-14/h4-5,8-9,19H,3,6-7,10-11H2,1-2H3. The third kappa shape index (κ3) is 4.71. The van der Waals surface area contributed by atoms with Gasteiger partial charge in [0.15, 0.2) is 11.5 Å². The van der Waals surface area contributed by atoms with Gasteiger partial charge >= 0.3 is 11.7 Å². The number of rotatable bonds is 6. The monoisotopic (exact) mass is 439 g/mol. The highest BCUT2D eigenvalue weighted by Crippen LogP contribution is 2.31. The summed E-state index contributed by atoms with van der Waals surface area (Å²) >= 11 is 0. The lowest BCUT2D eigenvalue weighted by molar-refractivity contribution is -0.143. The molecule has 0 amide bonds. The molecule has 1 aliphatic heterocycles. The maximum atomic E-state index is 12.5. The number of benzene rings is 1. The summed E-state index contributed by atoms with van der Waals surface area (Å²) in [4.78, 5) is 35.4. The summed E-state index contributed by atoms with van der Waals surface area (Å²) in [7, 11) is -1.25. The quantitative estimate of drug-likeness (QED) is 0.582. The van der Waals surface area contributed by atoms with E-state index >= 15 is 0 Å². The van der Waals surface area contributed by atoms with Crippen molar-refractivity contribution in [3.63, 3.8) is 0 Å². The zero-order chi connectivity index (χ0) is 21.9. The van der Waals surface area contributed by atoms with E-state index in [2.05, 4.69) is 4.72 Å². The maximum absolute atomic E-state index is 12.5. The van der Waals surface area contributed by atoms with Crippen LogP contribution in [0.25, 0.3) is 0 Å². The van der Waals surface area contributed by atoms with Crippen LogP contribution in [-0.2, 0) is 40.3 Å². The first-order chi connectivity index (χ1) is 14.2. The average molecular weight is 439 g/mol. The second kappa shape index (κ2) is 8.71. The van der Waals surface area contributed by atoms with Crippen LogP contribution in [0.1, 0.15) is 12.1 Å². The van der Waals surface area contributed by atoms with Crippen LogP contribution < -0.4 is 25.4 Å². The first kappa shape index (κ1) is 21.6. The molecule has 12 heteroatoms. The van der Waals surface area contributed by atoms with Gasteiger partial charge in [0.05, 0.1) is 23.8 Å². The van der Waals surface area contributed by atoms with Crippen molar-refractivity contribution in [2.24, 2.45) is 14.1 Å². The van der Waals surface area contributed by atoms with Gasteiger partial charge in [0.1, 0.15) is 13.2 Å². The molecule has 30 heavy (non-hydrogen) atoms. The number of sulfonamides is 1. The minimum atomic E-state index is -4.01. The molecule has 1 aromatic carbocycles. The molecule has 3 rings (SSSR count). The number of ether oxygens (including phenoxy) is 3. The molecule has 0 radical (unpaired) electrons. The molecule has 11 nitrogen and oxygen atoms in total. The number of carbonyl (C=O) groups excluding carboxylic acids is 1. The highest BCUT2D eigenvalue weighted by molar-refractivity contribution is 7.89. The minimum Gasteiger partial charge on any atom is -0.490 e. The van der Waals surface area contributed by atoms with E-state index in [1.165, 1.54) is 32.3 Å². The van der Waals surface area contributed by atoms with E-state index in [1.54, 1.807) is 0 Å². The molecule has 0 unspecified atom stereocenters. The van der Waals surface area contributed by atoms with Gasteiger partial charge in [-0.25, -0.2) is 13.2 Å². The zero-order valence-electron chi connectivity index (χ0n) is 16.4. The molecular weight excluding hydrogens is 418 g/mol. The lowest BCUT2D eigenvalue weighted by Crippen LogP contribution is -2.38. The molecule has 2 aromatic rings. The molecule has 162 valence electrons. The van der Waals surface area contributed by atoms with E-state index in [4.69, 9.17) is 14.2 Å². The first-order valence-electron chi connectivity index (χ1n) is 9.00. The second-order valence-corrected chi connectivity index (χ2v) is 8.29. The van der Waals surface area contributed by atoms with E-state index in [1.807, 2.05) is 0 Å². The molecular formula is C18H21N3O8S. The first-order valence-corrected chi connectivity index (χ1v) is 10.5. The van der Waals surface area contributed by atoms with Crippen molar-refractivity contribution in [1.29, 1.82) is 0 Å². The Morgan fingerprint density at radius 1 is 1.10 bits per heavy atom. The Morgan fingerprint density at radius 2 is 1.80 bits per heavy atom. The Bertz CT molecular complexity index is 1180. The van der Waals surface area contributed by atoms with Gasteiger partial charge in [-0.3, -0.25) is 18.7 Å². The Hall–Kier alpha value is -3.12. The van der Waals surface area contributed by atoms with Crippen LogP contribution in [0, 0.1) is 0 Å². The summed E-state index contributed by atoms with van der Waals surface area (Å²) in [5, 5.41) is 0. The van der Waals surface area contributed by atoms with Gasteiger partial charge in [0.25, 0.3) is 5.56 Å². The minimum absolute atomic E-state index is 0.0893. The van der Waals surface area contributed by atoms with Crippen LogP contribution in [0.5, 0.6) is 11.5 Å². The number of aromatic nitrogens is 2. The fourth-order valence-corrected chi connectivity index (χ4v) is 3.65. The summed E-state index contributed by atoms with van der Waals surface area (Å²) < 4.78 is 45.1. The van der Waals surface area contributed by atoms with Crippen LogP contribution >= 0.6 is 0 Å². The van der Waals surface area contributed by atoms with Crippen molar-refractivity contribution in [2.75, 3.05) is 19.8 Å². The number of hydrogen-bond acceptors (Lipinski definition) is 8. The van der Waals surface area contributed by atoms with Gasteiger partial charge < -0.3 is 14.2 Å². The summed E-state index contributed by atoms with van der Waals surface area (Å²) in [5.41, 5.74) is -0.926. The number of nitrogens with zero attached hydrogens (tertiary/aromatic N) is 2. The lowest BCUT2D eigenvalue weighted by Gasteiger charge is -2.12. The van der Waals surface area contributed by atoms with Gasteiger partial charge in [0, 0.05) is 32.6 Å². The third-order valence-electron chi connectivity index (χ3n) is 4.44. The summed E-state index contributed by atoms with van der Waals surface area (Å²) in [6.45, 7) is -0.106. The van der Waals surface area contributed by atoms with E-state index in [0.717, 1.165) is 15.2 Å². The Labute approximate surface area is 171 Å². The maximum Gasteiger partial charge on any atom is 0.330 e. The lowest BCUT2D eigenvalue weighted by atomic mass is 10.3. The molecule has 0 bridgehead atoms. The van der Waals surface area contributed by atoms with Crippen LogP contribution in [-0.4, -0.2) is 43.3 Å². The number of fused-ring (bicyclic) bond motifs is 1. The summed E-state index contributed by atoms with van der Waals surface area (Å²) in [6, 6.07) is 5.32. The van der Waals surface area contributed by atoms with Gasteiger partial charge in [-0.2, -0.15) is 4.72 Å². The SMILES string of the molecule is Cn1c(COC(=O)CNS(=O)(=O)c2ccc3c(c2)OCCCO3)cc(=O)n(C)c1=O. The molecule has 0 saturated heterocycles. The molecule has 1 N–H and O–H groups in total. The molecule has 1 aromatic heterocycles. The smallest absolute Gasteiger partial charge is 0.330 e. The number of carbonyl (C=O) groups is 1. The Morgan fingerprint density at radius 3 is 2.53 bits per heavy atom. The second-order valence-electron chi connectivity index (χ2n) is 6.52. The Balaban J connectivity index is 1.62. The van der Waals surface area contributed by atoms with Crippen molar-refractivity contribution < 1.29 is 27.4 Å². The summed E-state index contributed by atoms with van der Waals surface area (Å²) in [6.07, 6.45) is 0.681. The highest BCUT2D eigenvalue weighted by Gasteiger charge is 2.20. The molecule has 0 fully saturated rings. The van der Waals surface area contributed by atoms with Crippen LogP contribution in [0.15, 0.2) is 38.8 Å². The molecule has 0 aliphatic carbocycles. The van der Waals surface area contributed by atoms with Crippen molar-refractivity contribution >= 4 is 16.0 Å². The summed E-state index contributed by atoms with van der Waals surface area (Å²) in [5.74, 6) is -0.115. The van der Waals surface area contributed by atoms with Crippen molar-refractivity contribution in [2.45, 2.75) is 17.9 Å². The zero-order valence-corrected chi connectivity index (χ0v) is 17.2. The van der Waals surface area contributed by atoms with E-state index in [-0.39, 0.29) is 17.2 Å². The largest absolute Gasteiger partial charge is 0.490 e. The van der Waals surface area contributed by atoms with Crippen molar-refractivity contribution in [1.82, 2.24) is 13.9 Å². The van der Waals surface area contributed by atoms with E-state index < -0.39 is 33.8 Å². The van der Waals surface area contributed by atoms with E-state index in [0.29, 0.717) is 31.1 Å². The van der Waals surface area contributed by atoms with Gasteiger partial charge in [-0.1, -0.05) is 0 Å². The molecule has 0 saturated carbocycles. The fourth-order valence-electron chi connectivity index (χ4n) is 2.67. The molecule has 2 heterocycles. The van der Waals surface area contributed by atoms with E-state index in [9.17, 15) is 22.8 Å². The van der Waals surface area contributed by atoms with Gasteiger partial charge in [-0.15, -0.1) is 0 Å². The average Bonchev–Trinajstić information content (AvgIpc) is 2.97. The third-order valence-corrected chi connectivity index (χ3v) is 5.84. The van der Waals surface area contributed by atoms with Gasteiger partial charge in [0.2, 0.25) is 10.0 Å². The van der Waals surface area contributed by atoms with Crippen LogP contribution in [0.4, 0.5) is 0 Å². The molecule has 0 atom stereocenters. The molecule has 0 spiro atoms. The predicted molar refractivity (Wildman–Crippen MR) is 104 cm³/mol. The van der Waals surface area contributed by atoms with Crippen molar-refractivity contribution in [3.8, 4) is 11.5 Å². The van der Waals surface area contributed by atoms with Crippen molar-refractivity contribution in [3.05, 3.63) is 50.8 Å². The normalized spacial score (nSPS) is 13.5. The molecule has 1 aliphatic rings. The number of esters is 1. The van der Waals surface area contributed by atoms with Crippen LogP contribution in [0.3, 0.4) is 0 Å². The Kier molecular flexibility index (Phi) is 6.27. The fraction of sp³-hybridized carbons (Fsp3) is 0.389. The topological polar surface area (TPSA) is 135 Å². The van der Waals surface area contributed by atoms with Crippen LogP contribution in [0.2, 0.25) is 0 Å².